The topological polar surface area (TPSA) is 43.2 Å². The second-order valence-electron chi connectivity index (χ2n) is 6.93. The fourth-order valence-electron chi connectivity index (χ4n) is 1.79. The Labute approximate surface area is 177 Å². The molecule has 4 nitrogen and oxygen atoms in total. The Morgan fingerprint density at radius 3 is 1.17 bits per heavy atom. The maximum atomic E-state index is 5.20. The number of nitrogens with zero attached hydrogens (tertiary/aromatic N) is 2. The summed E-state index contributed by atoms with van der Waals surface area (Å²) < 4.78 is 10.4. The molecule has 0 saturated carbocycles. The Morgan fingerprint density at radius 2 is 1.08 bits per heavy atom. The summed E-state index contributed by atoms with van der Waals surface area (Å²) in [5, 5.41) is 0. The molecule has 0 aromatic carbocycles. The second-order valence-corrected chi connectivity index (χ2v) is 6.93. The van der Waals surface area contributed by atoms with Crippen LogP contribution in [0.4, 0.5) is 0 Å². The Kier molecular flexibility index (Phi) is 14.8. The molecule has 24 heavy (non-hydrogen) atoms. The van der Waals surface area contributed by atoms with Gasteiger partial charge in [0.2, 0.25) is 0 Å². The third kappa shape index (κ3) is 11.5. The fraction of sp³-hybridized carbons (Fsp3) is 0.750. The molecule has 0 spiro atoms. The van der Waals surface area contributed by atoms with E-state index in [2.05, 4.69) is 107 Å². The first kappa shape index (κ1) is 27.1. The molecule has 0 aromatic rings. The van der Waals surface area contributed by atoms with E-state index in [0.717, 1.165) is 11.8 Å². The predicted molar refractivity (Wildman–Crippen MR) is 95.7 cm³/mol. The van der Waals surface area contributed by atoms with Crippen LogP contribution in [0.15, 0.2) is 9.98 Å². The van der Waals surface area contributed by atoms with Gasteiger partial charge >= 0.3 is 55.4 Å². The molecule has 2 aliphatic heterocycles. The average molecular weight is 564 g/mol. The van der Waals surface area contributed by atoms with E-state index >= 15 is 0 Å². The van der Waals surface area contributed by atoms with Crippen LogP contribution in [-0.2, 0) is 45.8 Å². The van der Waals surface area contributed by atoms with Gasteiger partial charge < -0.3 is 23.3 Å². The van der Waals surface area contributed by atoms with E-state index in [-0.39, 0.29) is 22.9 Å². The number of hydrogen-bond donors (Lipinski definition) is 0. The van der Waals surface area contributed by atoms with Crippen molar-refractivity contribution in [2.75, 3.05) is 13.2 Å². The third-order valence-electron chi connectivity index (χ3n) is 3.38. The van der Waals surface area contributed by atoms with Crippen LogP contribution in [0.1, 0.15) is 41.5 Å². The van der Waals surface area contributed by atoms with Gasteiger partial charge in [0.15, 0.2) is 11.8 Å². The Balaban J connectivity index is 0. The summed E-state index contributed by atoms with van der Waals surface area (Å²) in [6.45, 7) is 21.4. The standard InChI is InChI=1S/2C8H14NO.2ClH.2Pd/c2*1-6-9-7(5-10-6)8(2,3)4;;;;/h2*7H,2,5H2,1,3-4H3;2*1H;;/q2*-1;;;2*+2/p-2/t2*7-;;;;/m11..../s1. The molecular weight excluding hydrogens is 536 g/mol. The van der Waals surface area contributed by atoms with Gasteiger partial charge in [-0.25, -0.2) is 0 Å². The van der Waals surface area contributed by atoms with Crippen LogP contribution >= 0.6 is 19.1 Å². The van der Waals surface area contributed by atoms with Gasteiger partial charge in [0.1, 0.15) is 13.2 Å². The summed E-state index contributed by atoms with van der Waals surface area (Å²) in [5.41, 5.74) is -0.00444. The predicted octanol–water partition coefficient (Wildman–Crippen LogP) is 4.70. The van der Waals surface area contributed by atoms with Crippen LogP contribution in [0.5, 0.6) is 0 Å². The summed E-state index contributed by atoms with van der Waals surface area (Å²) in [5.74, 6) is 1.59. The van der Waals surface area contributed by atoms with Gasteiger partial charge in [-0.05, 0) is 0 Å². The molecule has 0 radical (unpaired) electrons. The zero-order chi connectivity index (χ0) is 19.6. The zero-order valence-corrected chi connectivity index (χ0v) is 19.7. The number of aliphatic imine (C=N–C) groups is 2. The van der Waals surface area contributed by atoms with Crippen molar-refractivity contribution < 1.29 is 45.8 Å². The summed E-state index contributed by atoms with van der Waals surface area (Å²) in [6.07, 6.45) is 0. The molecule has 8 heteroatoms. The first-order valence-electron chi connectivity index (χ1n) is 7.29. The summed E-state index contributed by atoms with van der Waals surface area (Å²) in [6, 6.07) is 0.486. The maximum absolute atomic E-state index is 5.20. The zero-order valence-electron chi connectivity index (χ0n) is 15.1. The molecule has 0 fully saturated rings. The molecule has 0 N–H and O–H groups in total. The monoisotopic (exact) mass is 562 g/mol. The number of hydrogen-bond acceptors (Lipinski definition) is 4. The van der Waals surface area contributed by atoms with Gasteiger partial charge in [0, 0.05) is 13.8 Å². The van der Waals surface area contributed by atoms with Crippen molar-refractivity contribution in [3.8, 4) is 0 Å². The van der Waals surface area contributed by atoms with Crippen molar-refractivity contribution in [3.63, 3.8) is 0 Å². The van der Waals surface area contributed by atoms with E-state index in [1.165, 1.54) is 0 Å². The number of ether oxygens (including phenoxy) is 2. The molecule has 0 aromatic heterocycles. The van der Waals surface area contributed by atoms with Crippen LogP contribution < -0.4 is 0 Å². The number of halogens is 2. The van der Waals surface area contributed by atoms with Gasteiger partial charge in [-0.1, -0.05) is 27.7 Å². The van der Waals surface area contributed by atoms with Gasteiger partial charge in [0.05, 0.1) is 12.1 Å². The molecule has 2 rings (SSSR count). The van der Waals surface area contributed by atoms with Crippen LogP contribution in [0.3, 0.4) is 0 Å². The van der Waals surface area contributed by atoms with E-state index < -0.39 is 0 Å². The Bertz CT molecular complexity index is 368. The van der Waals surface area contributed by atoms with E-state index in [9.17, 15) is 0 Å². The molecule has 0 aliphatic carbocycles. The van der Waals surface area contributed by atoms with Crippen molar-refractivity contribution in [3.05, 3.63) is 13.8 Å². The van der Waals surface area contributed by atoms with Gasteiger partial charge in [0.25, 0.3) is 0 Å². The summed E-state index contributed by atoms with van der Waals surface area (Å²) in [7, 11) is 8.98. The van der Waals surface area contributed by atoms with E-state index in [0.29, 0.717) is 13.2 Å². The average Bonchev–Trinajstić information content (AvgIpc) is 3.12. The third-order valence-corrected chi connectivity index (χ3v) is 3.38. The Hall–Kier alpha value is 0.845. The SMILES string of the molecule is [CH2-]C(C)(C)[C@H]1COC(C)=N1.[CH2-]C(C)(C)[C@H]1COC(C)=N1.[Cl][Pd+].[Cl][Pd+]. The first-order chi connectivity index (χ1) is 11.0. The van der Waals surface area contributed by atoms with Crippen LogP contribution in [-0.4, -0.2) is 37.1 Å². The summed E-state index contributed by atoms with van der Waals surface area (Å²) >= 11 is 4.44. The second kappa shape index (κ2) is 13.1. The summed E-state index contributed by atoms with van der Waals surface area (Å²) in [4.78, 5) is 8.58. The first-order valence-corrected chi connectivity index (χ1v) is 11.3. The minimum absolute atomic E-state index is 0.00222. The van der Waals surface area contributed by atoms with Gasteiger partial charge in [-0.2, -0.15) is 0 Å². The van der Waals surface area contributed by atoms with Gasteiger partial charge in [-0.15, -0.1) is 10.8 Å². The molecule has 0 saturated heterocycles. The minimum atomic E-state index is -0.00222. The molecular formula is C16H28Cl2N2O2Pd2. The van der Waals surface area contributed by atoms with Crippen LogP contribution in [0, 0.1) is 24.7 Å². The fourth-order valence-corrected chi connectivity index (χ4v) is 1.79. The van der Waals surface area contributed by atoms with E-state index in [1.54, 1.807) is 0 Å². The molecule has 148 valence electrons. The molecule has 2 heterocycles. The molecule has 2 aliphatic rings. The van der Waals surface area contributed by atoms with Crippen molar-refractivity contribution >= 4 is 30.9 Å². The van der Waals surface area contributed by atoms with E-state index in [4.69, 9.17) is 9.47 Å². The van der Waals surface area contributed by atoms with E-state index in [1.807, 2.05) is 13.8 Å². The van der Waals surface area contributed by atoms with Crippen molar-refractivity contribution in [1.82, 2.24) is 0 Å². The molecule has 0 amide bonds. The van der Waals surface area contributed by atoms with Crippen molar-refractivity contribution in [1.29, 1.82) is 0 Å². The number of rotatable bonds is 2. The van der Waals surface area contributed by atoms with Crippen molar-refractivity contribution in [2.24, 2.45) is 20.8 Å². The molecule has 2 atom stereocenters. The quantitative estimate of drug-likeness (QED) is 0.361. The van der Waals surface area contributed by atoms with Crippen LogP contribution in [0.2, 0.25) is 0 Å². The van der Waals surface area contributed by atoms with Gasteiger partial charge in [-0.3, -0.25) is 9.98 Å². The van der Waals surface area contributed by atoms with Crippen LogP contribution in [0.25, 0.3) is 0 Å². The molecule has 0 bridgehead atoms. The molecule has 0 unspecified atom stereocenters. The van der Waals surface area contributed by atoms with Crippen molar-refractivity contribution in [2.45, 2.75) is 53.6 Å². The normalized spacial score (nSPS) is 22.2. The Morgan fingerprint density at radius 1 is 0.833 bits per heavy atom.